The number of amides is 1. The Morgan fingerprint density at radius 3 is 1.82 bits per heavy atom. The molecule has 0 aromatic rings. The van der Waals surface area contributed by atoms with Crippen LogP contribution < -0.4 is 11.5 Å². The molecule has 0 saturated heterocycles. The zero-order valence-corrected chi connectivity index (χ0v) is 6.15. The molecule has 0 aromatic carbocycles. The van der Waals surface area contributed by atoms with Gasteiger partial charge in [0.05, 0.1) is 6.61 Å². The fraction of sp³-hybridized carbons (Fsp3) is 0.600. The minimum absolute atomic E-state index is 0.333. The van der Waals surface area contributed by atoms with Gasteiger partial charge in [-0.1, -0.05) is 0 Å². The molecule has 0 heterocycles. The van der Waals surface area contributed by atoms with Crippen molar-refractivity contribution in [1.29, 1.82) is 0 Å². The molecule has 0 rings (SSSR count). The highest BCUT2D eigenvalue weighted by Gasteiger charge is 2.06. The van der Waals surface area contributed by atoms with E-state index in [-0.39, 0.29) is 5.91 Å². The number of carbonyl (C=O) groups is 2. The van der Waals surface area contributed by atoms with Gasteiger partial charge in [0.25, 0.3) is 0 Å². The molecule has 1 amide bonds. The van der Waals surface area contributed by atoms with Gasteiger partial charge in [0.15, 0.2) is 0 Å². The highest BCUT2D eigenvalue weighted by molar-refractivity contribution is 5.73. The number of carbonyl (C=O) groups excluding carboxylic acids is 1. The van der Waals surface area contributed by atoms with E-state index in [1.807, 2.05) is 0 Å². The van der Waals surface area contributed by atoms with Crippen LogP contribution in [0.1, 0.15) is 6.92 Å². The number of primary amides is 1. The fourth-order valence-corrected chi connectivity index (χ4v) is 0.0781. The van der Waals surface area contributed by atoms with Crippen LogP contribution in [0.4, 0.5) is 0 Å². The van der Waals surface area contributed by atoms with Crippen LogP contribution >= 0.6 is 0 Å². The molecule has 0 saturated carbocycles. The number of hydrogen-bond acceptors (Lipinski definition) is 4. The van der Waals surface area contributed by atoms with E-state index in [4.69, 9.17) is 15.9 Å². The van der Waals surface area contributed by atoms with Gasteiger partial charge in [-0.15, -0.1) is 0 Å². The van der Waals surface area contributed by atoms with Crippen LogP contribution in [-0.4, -0.2) is 34.7 Å². The van der Waals surface area contributed by atoms with Gasteiger partial charge in [0.2, 0.25) is 5.91 Å². The molecular formula is C5H12N2O4. The largest absolute Gasteiger partial charge is 0.480 e. The monoisotopic (exact) mass is 164 g/mol. The highest BCUT2D eigenvalue weighted by Crippen LogP contribution is 1.71. The van der Waals surface area contributed by atoms with Gasteiger partial charge >= 0.3 is 5.97 Å². The van der Waals surface area contributed by atoms with E-state index in [0.29, 0.717) is 0 Å². The van der Waals surface area contributed by atoms with E-state index < -0.39 is 18.6 Å². The maximum Gasteiger partial charge on any atom is 0.322 e. The van der Waals surface area contributed by atoms with Crippen LogP contribution in [0.5, 0.6) is 0 Å². The van der Waals surface area contributed by atoms with Crippen molar-refractivity contribution in [1.82, 2.24) is 0 Å². The molecule has 6 nitrogen and oxygen atoms in total. The number of nitrogens with two attached hydrogens (primary N) is 2. The van der Waals surface area contributed by atoms with Crippen LogP contribution in [0.25, 0.3) is 0 Å². The van der Waals surface area contributed by atoms with Crippen molar-refractivity contribution >= 4 is 11.9 Å². The maximum atomic E-state index is 9.65. The summed E-state index contributed by atoms with van der Waals surface area (Å²) in [5.74, 6) is -1.51. The van der Waals surface area contributed by atoms with Gasteiger partial charge in [0.1, 0.15) is 6.04 Å². The lowest BCUT2D eigenvalue weighted by atomic mass is 10.3. The summed E-state index contributed by atoms with van der Waals surface area (Å²) in [5.41, 5.74) is 9.24. The molecule has 0 aromatic heterocycles. The Kier molecular flexibility index (Phi) is 7.94. The maximum absolute atomic E-state index is 9.65. The number of rotatable bonds is 2. The predicted molar refractivity (Wildman–Crippen MR) is 37.6 cm³/mol. The van der Waals surface area contributed by atoms with Crippen molar-refractivity contribution in [3.8, 4) is 0 Å². The van der Waals surface area contributed by atoms with Crippen molar-refractivity contribution < 1.29 is 19.8 Å². The molecule has 0 fully saturated rings. The van der Waals surface area contributed by atoms with Gasteiger partial charge < -0.3 is 21.7 Å². The normalized spacial score (nSPS) is 10.8. The SMILES string of the molecule is CC(N)=O.N[C@@H](CO)C(=O)O. The van der Waals surface area contributed by atoms with Crippen LogP contribution in [0.2, 0.25) is 0 Å². The predicted octanol–water partition coefficient (Wildman–Crippen LogP) is -2.12. The van der Waals surface area contributed by atoms with Crippen molar-refractivity contribution in [3.05, 3.63) is 0 Å². The van der Waals surface area contributed by atoms with E-state index >= 15 is 0 Å². The van der Waals surface area contributed by atoms with Crippen LogP contribution in [0, 0.1) is 0 Å². The van der Waals surface area contributed by atoms with Crippen LogP contribution in [-0.2, 0) is 9.59 Å². The first-order valence-electron chi connectivity index (χ1n) is 2.77. The quantitative estimate of drug-likeness (QED) is 0.371. The average Bonchev–Trinajstić information content (AvgIpc) is 1.85. The van der Waals surface area contributed by atoms with Crippen molar-refractivity contribution in [2.75, 3.05) is 6.61 Å². The third kappa shape index (κ3) is 17.7. The molecule has 6 heteroatoms. The second-order valence-electron chi connectivity index (χ2n) is 1.74. The smallest absolute Gasteiger partial charge is 0.322 e. The average molecular weight is 164 g/mol. The number of carboxylic acids is 1. The third-order valence-corrected chi connectivity index (χ3v) is 0.514. The molecule has 11 heavy (non-hydrogen) atoms. The number of carboxylic acid groups (broad SMARTS) is 1. The molecular weight excluding hydrogens is 152 g/mol. The van der Waals surface area contributed by atoms with Gasteiger partial charge in [-0.2, -0.15) is 0 Å². The summed E-state index contributed by atoms with van der Waals surface area (Å²) in [6, 6.07) is -1.13. The number of hydrogen-bond donors (Lipinski definition) is 4. The van der Waals surface area contributed by atoms with E-state index in [1.54, 1.807) is 0 Å². The summed E-state index contributed by atoms with van der Waals surface area (Å²) in [4.78, 5) is 18.9. The molecule has 0 spiro atoms. The van der Waals surface area contributed by atoms with Gasteiger partial charge in [0, 0.05) is 6.92 Å². The number of aliphatic carboxylic acids is 1. The first kappa shape index (κ1) is 12.5. The molecule has 0 aliphatic rings. The van der Waals surface area contributed by atoms with E-state index in [9.17, 15) is 9.59 Å². The molecule has 0 bridgehead atoms. The Morgan fingerprint density at radius 1 is 1.55 bits per heavy atom. The van der Waals surface area contributed by atoms with Crippen molar-refractivity contribution in [2.24, 2.45) is 11.5 Å². The van der Waals surface area contributed by atoms with E-state index in [2.05, 4.69) is 5.73 Å². The van der Waals surface area contributed by atoms with E-state index in [1.165, 1.54) is 6.92 Å². The highest BCUT2D eigenvalue weighted by atomic mass is 16.4. The summed E-state index contributed by atoms with van der Waals surface area (Å²) < 4.78 is 0. The Balaban J connectivity index is 0. The molecule has 6 N–H and O–H groups in total. The Bertz CT molecular complexity index is 132. The number of aliphatic hydroxyl groups excluding tert-OH is 1. The summed E-state index contributed by atoms with van der Waals surface area (Å²) in [5, 5.41) is 15.9. The Labute approximate surface area is 63.8 Å². The molecule has 0 radical (unpaired) electrons. The van der Waals surface area contributed by atoms with Gasteiger partial charge in [-0.25, -0.2) is 0 Å². The number of aliphatic hydroxyl groups is 1. The summed E-state index contributed by atoms with van der Waals surface area (Å²) in [6.45, 7) is 0.801. The first-order chi connectivity index (χ1) is 4.91. The first-order valence-corrected chi connectivity index (χ1v) is 2.77. The lowest BCUT2D eigenvalue weighted by Gasteiger charge is -1.96. The van der Waals surface area contributed by atoms with Gasteiger partial charge in [-0.05, 0) is 0 Å². The minimum atomic E-state index is -1.18. The zero-order valence-electron chi connectivity index (χ0n) is 6.15. The summed E-state index contributed by atoms with van der Waals surface area (Å²) in [6.07, 6.45) is 0. The van der Waals surface area contributed by atoms with Crippen LogP contribution in [0.15, 0.2) is 0 Å². The molecule has 1 atom stereocenters. The summed E-state index contributed by atoms with van der Waals surface area (Å²) in [7, 11) is 0. The summed E-state index contributed by atoms with van der Waals surface area (Å²) >= 11 is 0. The molecule has 66 valence electrons. The van der Waals surface area contributed by atoms with E-state index in [0.717, 1.165) is 0 Å². The molecule has 0 aliphatic carbocycles. The van der Waals surface area contributed by atoms with Crippen molar-refractivity contribution in [2.45, 2.75) is 13.0 Å². The lowest BCUT2D eigenvalue weighted by molar-refractivity contribution is -0.139. The molecule has 0 aliphatic heterocycles. The fourth-order valence-electron chi connectivity index (χ4n) is 0.0781. The van der Waals surface area contributed by atoms with Gasteiger partial charge in [-0.3, -0.25) is 9.59 Å². The lowest BCUT2D eigenvalue weighted by Crippen LogP contribution is -2.33. The zero-order chi connectivity index (χ0) is 9.44. The van der Waals surface area contributed by atoms with Crippen LogP contribution in [0.3, 0.4) is 0 Å². The Morgan fingerprint density at radius 2 is 1.82 bits per heavy atom. The second-order valence-corrected chi connectivity index (χ2v) is 1.74. The second kappa shape index (κ2) is 6.97. The molecule has 0 unspecified atom stereocenters. The van der Waals surface area contributed by atoms with Crippen molar-refractivity contribution in [3.63, 3.8) is 0 Å². The third-order valence-electron chi connectivity index (χ3n) is 0.514. The minimum Gasteiger partial charge on any atom is -0.480 e. The topological polar surface area (TPSA) is 127 Å². The Hall–Kier alpha value is -1.14. The standard InChI is InChI=1S/C3H7NO3.C2H5NO/c4-2(1-5)3(6)7;1-2(3)4/h2,5H,1,4H2,(H,6,7);1H3,(H2,3,4)/t2-;/m0./s1.